The summed E-state index contributed by atoms with van der Waals surface area (Å²) in [5, 5.41) is 23.7. The molecule has 3 aliphatic rings. The van der Waals surface area contributed by atoms with Gasteiger partial charge >= 0.3 is 5.97 Å². The van der Waals surface area contributed by atoms with Crippen LogP contribution in [-0.4, -0.2) is 62.8 Å². The Morgan fingerprint density at radius 2 is 2.19 bits per heavy atom. The van der Waals surface area contributed by atoms with Crippen molar-refractivity contribution in [3.05, 3.63) is 27.7 Å². The molecule has 0 unspecified atom stereocenters. The number of methoxy groups -OCH3 is 1. The van der Waals surface area contributed by atoms with Crippen molar-refractivity contribution in [3.8, 4) is 5.75 Å². The van der Waals surface area contributed by atoms with Crippen LogP contribution in [0.25, 0.3) is 0 Å². The van der Waals surface area contributed by atoms with E-state index in [-0.39, 0.29) is 18.3 Å². The molecule has 1 aromatic heterocycles. The van der Waals surface area contributed by atoms with Gasteiger partial charge in [0.15, 0.2) is 17.0 Å². The molecule has 1 saturated heterocycles. The summed E-state index contributed by atoms with van der Waals surface area (Å²) in [5.41, 5.74) is -2.76. The Morgan fingerprint density at radius 1 is 1.44 bits per heavy atom. The van der Waals surface area contributed by atoms with E-state index in [2.05, 4.69) is 5.16 Å². The summed E-state index contributed by atoms with van der Waals surface area (Å²) < 4.78 is 6.57. The quantitative estimate of drug-likeness (QED) is 0.731. The largest absolute Gasteiger partial charge is 0.503 e. The monoisotopic (exact) mass is 377 g/mol. The van der Waals surface area contributed by atoms with Crippen LogP contribution in [0.5, 0.6) is 5.75 Å². The number of oxime groups is 1. The SMILES string of the molecule is COC1=NO[C@@]2(CC[C@H](C)N3C[C@H]2n2cc(C(=O)O)c(=O)c(O)c2C3=O)C1. The van der Waals surface area contributed by atoms with E-state index in [1.807, 2.05) is 6.92 Å². The Hall–Kier alpha value is -3.04. The van der Waals surface area contributed by atoms with E-state index in [4.69, 9.17) is 9.57 Å². The molecule has 144 valence electrons. The molecule has 2 bridgehead atoms. The molecular weight excluding hydrogens is 358 g/mol. The minimum atomic E-state index is -1.47. The number of aromatic carboxylic acids is 1. The number of pyridine rings is 1. The van der Waals surface area contributed by atoms with Gasteiger partial charge in [-0.1, -0.05) is 5.16 Å². The molecule has 0 radical (unpaired) electrons. The third kappa shape index (κ3) is 2.32. The third-order valence-electron chi connectivity index (χ3n) is 5.75. The van der Waals surface area contributed by atoms with Gasteiger partial charge in [0, 0.05) is 18.8 Å². The lowest BCUT2D eigenvalue weighted by atomic mass is 9.85. The summed E-state index contributed by atoms with van der Waals surface area (Å²) in [6, 6.07) is -0.673. The minimum absolute atomic E-state index is 0.142. The second-order valence-electron chi connectivity index (χ2n) is 7.16. The predicted molar refractivity (Wildman–Crippen MR) is 91.0 cm³/mol. The van der Waals surface area contributed by atoms with Crippen molar-refractivity contribution in [1.82, 2.24) is 9.47 Å². The molecule has 0 aromatic carbocycles. The van der Waals surface area contributed by atoms with Gasteiger partial charge in [0.25, 0.3) is 5.91 Å². The first-order valence-corrected chi connectivity index (χ1v) is 8.60. The van der Waals surface area contributed by atoms with Gasteiger partial charge in [0.1, 0.15) is 5.56 Å². The van der Waals surface area contributed by atoms with Crippen LogP contribution >= 0.6 is 0 Å². The molecule has 1 aromatic rings. The van der Waals surface area contributed by atoms with Gasteiger partial charge in [-0.15, -0.1) is 0 Å². The molecule has 27 heavy (non-hydrogen) atoms. The van der Waals surface area contributed by atoms with E-state index in [0.29, 0.717) is 25.2 Å². The highest BCUT2D eigenvalue weighted by Gasteiger charge is 2.54. The molecule has 1 fully saturated rings. The molecule has 1 spiro atoms. The van der Waals surface area contributed by atoms with Crippen LogP contribution in [0.4, 0.5) is 0 Å². The third-order valence-corrected chi connectivity index (χ3v) is 5.75. The summed E-state index contributed by atoms with van der Waals surface area (Å²) in [7, 11) is 1.48. The molecule has 3 aliphatic heterocycles. The first kappa shape index (κ1) is 17.4. The van der Waals surface area contributed by atoms with Crippen LogP contribution in [0.1, 0.15) is 53.1 Å². The van der Waals surface area contributed by atoms with Crippen LogP contribution in [0, 0.1) is 0 Å². The van der Waals surface area contributed by atoms with E-state index in [1.54, 1.807) is 4.90 Å². The van der Waals surface area contributed by atoms with Gasteiger partial charge in [-0.05, 0) is 19.8 Å². The molecule has 0 saturated carbocycles. The molecule has 2 N–H and O–H groups in total. The van der Waals surface area contributed by atoms with E-state index >= 15 is 0 Å². The van der Waals surface area contributed by atoms with Crippen LogP contribution < -0.4 is 5.43 Å². The number of hydrogen-bond acceptors (Lipinski definition) is 7. The van der Waals surface area contributed by atoms with Gasteiger partial charge < -0.3 is 29.3 Å². The number of hydrogen-bond donors (Lipinski definition) is 2. The molecule has 4 heterocycles. The van der Waals surface area contributed by atoms with Gasteiger partial charge in [-0.25, -0.2) is 4.79 Å². The van der Waals surface area contributed by atoms with Crippen LogP contribution in [0.15, 0.2) is 16.1 Å². The van der Waals surface area contributed by atoms with Crippen LogP contribution in [0.2, 0.25) is 0 Å². The predicted octanol–water partition coefficient (Wildman–Crippen LogP) is 0.550. The van der Waals surface area contributed by atoms with Crippen molar-refractivity contribution in [2.75, 3.05) is 13.7 Å². The second kappa shape index (κ2) is 5.73. The fourth-order valence-electron chi connectivity index (χ4n) is 4.18. The van der Waals surface area contributed by atoms with Crippen molar-refractivity contribution < 1.29 is 29.4 Å². The zero-order valence-electron chi connectivity index (χ0n) is 14.8. The maximum Gasteiger partial charge on any atom is 0.341 e. The molecule has 10 heteroatoms. The number of nitrogens with zero attached hydrogens (tertiary/aromatic N) is 3. The number of aromatic nitrogens is 1. The molecular formula is C17H19N3O7. The molecule has 0 aliphatic carbocycles. The number of amides is 1. The number of carboxylic acid groups (broad SMARTS) is 1. The molecule has 1 amide bonds. The Morgan fingerprint density at radius 3 is 2.81 bits per heavy atom. The molecule has 3 atom stereocenters. The van der Waals surface area contributed by atoms with Crippen molar-refractivity contribution in [2.45, 2.75) is 43.9 Å². The lowest BCUT2D eigenvalue weighted by Crippen LogP contribution is -2.52. The zero-order valence-corrected chi connectivity index (χ0v) is 14.8. The first-order valence-electron chi connectivity index (χ1n) is 8.60. The maximum atomic E-state index is 12.9. The molecule has 4 rings (SSSR count). The van der Waals surface area contributed by atoms with E-state index in [9.17, 15) is 24.6 Å². The van der Waals surface area contributed by atoms with Crippen molar-refractivity contribution in [1.29, 1.82) is 0 Å². The average Bonchev–Trinajstić information content (AvgIpc) is 3.01. The average molecular weight is 377 g/mol. The summed E-state index contributed by atoms with van der Waals surface area (Å²) in [6.07, 6.45) is 2.64. The Balaban J connectivity index is 1.95. The highest BCUT2D eigenvalue weighted by molar-refractivity contribution is 5.98. The van der Waals surface area contributed by atoms with Gasteiger partial charge in [0.05, 0.1) is 19.6 Å². The number of aromatic hydroxyl groups is 1. The van der Waals surface area contributed by atoms with Gasteiger partial charge in [-0.3, -0.25) is 9.59 Å². The summed E-state index contributed by atoms with van der Waals surface area (Å²) in [6.45, 7) is 2.14. The first-order chi connectivity index (χ1) is 12.8. The smallest absolute Gasteiger partial charge is 0.341 e. The summed E-state index contributed by atoms with van der Waals surface area (Å²) in [5.74, 6) is -2.44. The lowest BCUT2D eigenvalue weighted by molar-refractivity contribution is -0.0655. The van der Waals surface area contributed by atoms with Gasteiger partial charge in [-0.2, -0.15) is 0 Å². The normalized spacial score (nSPS) is 29.0. The number of ether oxygens (including phenoxy) is 1. The van der Waals surface area contributed by atoms with Crippen LogP contribution in [-0.2, 0) is 9.57 Å². The number of fused-ring (bicyclic) bond motifs is 5. The number of carboxylic acids is 1. The number of carbonyl (C=O) groups is 2. The molecule has 10 nitrogen and oxygen atoms in total. The lowest BCUT2D eigenvalue weighted by Gasteiger charge is -2.41. The van der Waals surface area contributed by atoms with Crippen LogP contribution in [0.3, 0.4) is 0 Å². The van der Waals surface area contributed by atoms with E-state index in [0.717, 1.165) is 6.20 Å². The summed E-state index contributed by atoms with van der Waals surface area (Å²) >= 11 is 0. The highest BCUT2D eigenvalue weighted by Crippen LogP contribution is 2.46. The Kier molecular flexibility index (Phi) is 3.69. The van der Waals surface area contributed by atoms with Crippen molar-refractivity contribution in [3.63, 3.8) is 0 Å². The standard InChI is InChI=1S/C17H19N3O7/c1-8-3-4-17(5-11(26-2)18-27-17)10-7-19(8)15(23)12-14(22)13(21)9(16(24)25)6-20(10)12/h6,8,10,22H,3-5,7H2,1-2H3,(H,24,25)/t8-,10+,17-/m0/s1. The number of carbonyl (C=O) groups excluding carboxylic acids is 1. The topological polar surface area (TPSA) is 131 Å². The van der Waals surface area contributed by atoms with Crippen molar-refractivity contribution >= 4 is 17.8 Å². The zero-order chi connectivity index (χ0) is 19.5. The Labute approximate surface area is 153 Å². The van der Waals surface area contributed by atoms with Crippen molar-refractivity contribution in [2.24, 2.45) is 5.16 Å². The maximum absolute atomic E-state index is 12.9. The summed E-state index contributed by atoms with van der Waals surface area (Å²) in [4.78, 5) is 44.0. The van der Waals surface area contributed by atoms with Gasteiger partial charge in [0.2, 0.25) is 11.3 Å². The fraction of sp³-hybridized carbons (Fsp3) is 0.529. The fourth-order valence-corrected chi connectivity index (χ4v) is 4.18. The highest BCUT2D eigenvalue weighted by atomic mass is 16.7. The second-order valence-corrected chi connectivity index (χ2v) is 7.16. The Bertz CT molecular complexity index is 937. The minimum Gasteiger partial charge on any atom is -0.503 e. The number of rotatable bonds is 1. The van der Waals surface area contributed by atoms with E-state index in [1.165, 1.54) is 11.7 Å². The van der Waals surface area contributed by atoms with E-state index < -0.39 is 40.3 Å².